The molecule has 0 spiro atoms. The summed E-state index contributed by atoms with van der Waals surface area (Å²) in [6, 6.07) is 20.4. The molecular weight excluding hydrogens is 362 g/mol. The third kappa shape index (κ3) is 5.46. The zero-order chi connectivity index (χ0) is 19.1. The smallest absolute Gasteiger partial charge is 0.233 e. The summed E-state index contributed by atoms with van der Waals surface area (Å²) < 4.78 is 32.4. The largest absolute Gasteiger partial charge is 0.495 e. The van der Waals surface area contributed by atoms with Crippen molar-refractivity contribution in [1.82, 2.24) is 4.98 Å². The van der Waals surface area contributed by atoms with Crippen LogP contribution >= 0.6 is 0 Å². The van der Waals surface area contributed by atoms with E-state index in [-0.39, 0.29) is 5.75 Å². The second-order valence-electron chi connectivity index (χ2n) is 5.91. The van der Waals surface area contributed by atoms with Crippen LogP contribution in [0.4, 0.5) is 17.2 Å². The molecule has 2 aromatic carbocycles. The number of benzene rings is 2. The number of para-hydroxylation sites is 2. The minimum Gasteiger partial charge on any atom is -0.495 e. The lowest BCUT2D eigenvalue weighted by atomic mass is 10.2. The molecule has 2 N–H and O–H groups in total. The second-order valence-corrected chi connectivity index (χ2v) is 7.76. The zero-order valence-corrected chi connectivity index (χ0v) is 15.7. The van der Waals surface area contributed by atoms with E-state index in [2.05, 4.69) is 15.0 Å². The molecule has 0 bridgehead atoms. The van der Waals surface area contributed by atoms with Gasteiger partial charge in [-0.2, -0.15) is 0 Å². The van der Waals surface area contributed by atoms with Crippen LogP contribution in [-0.4, -0.2) is 26.3 Å². The van der Waals surface area contributed by atoms with Crippen LogP contribution < -0.4 is 14.8 Å². The molecule has 0 radical (unpaired) electrons. The molecule has 0 aliphatic heterocycles. The summed E-state index contributed by atoms with van der Waals surface area (Å²) in [6.45, 7) is 0. The molecule has 0 saturated carbocycles. The molecule has 0 amide bonds. The van der Waals surface area contributed by atoms with Crippen molar-refractivity contribution < 1.29 is 13.2 Å². The Kier molecular flexibility index (Phi) is 5.93. The Morgan fingerprint density at radius 1 is 0.963 bits per heavy atom. The Labute approximate surface area is 159 Å². The van der Waals surface area contributed by atoms with Gasteiger partial charge in [0.25, 0.3) is 0 Å². The highest BCUT2D eigenvalue weighted by molar-refractivity contribution is 7.92. The summed E-state index contributed by atoms with van der Waals surface area (Å²) in [4.78, 5) is 4.26. The summed E-state index contributed by atoms with van der Waals surface area (Å²) in [5.74, 6) is 1.30. The van der Waals surface area contributed by atoms with Crippen LogP contribution in [0, 0.1) is 0 Å². The number of hydrogen-bond acceptors (Lipinski definition) is 5. The monoisotopic (exact) mass is 383 g/mol. The van der Waals surface area contributed by atoms with E-state index < -0.39 is 10.0 Å². The minimum atomic E-state index is -3.45. The van der Waals surface area contributed by atoms with Crippen LogP contribution in [0.25, 0.3) is 0 Å². The highest BCUT2D eigenvalue weighted by Crippen LogP contribution is 2.26. The first-order valence-electron chi connectivity index (χ1n) is 8.46. The van der Waals surface area contributed by atoms with Crippen LogP contribution in [0.3, 0.4) is 0 Å². The van der Waals surface area contributed by atoms with Gasteiger partial charge in [-0.1, -0.05) is 42.5 Å². The highest BCUT2D eigenvalue weighted by Gasteiger charge is 2.11. The Bertz CT molecular complexity index is 975. The van der Waals surface area contributed by atoms with E-state index in [0.717, 1.165) is 11.3 Å². The number of nitrogens with one attached hydrogen (secondary N) is 2. The van der Waals surface area contributed by atoms with Crippen molar-refractivity contribution in [2.24, 2.45) is 0 Å². The first kappa shape index (κ1) is 18.7. The number of hydrogen-bond donors (Lipinski definition) is 2. The second kappa shape index (κ2) is 8.55. The first-order valence-corrected chi connectivity index (χ1v) is 10.1. The van der Waals surface area contributed by atoms with Crippen LogP contribution in [0.2, 0.25) is 0 Å². The maximum atomic E-state index is 12.3. The van der Waals surface area contributed by atoms with Gasteiger partial charge in [0, 0.05) is 0 Å². The normalized spacial score (nSPS) is 11.0. The minimum absolute atomic E-state index is 0.0121. The molecule has 140 valence electrons. The third-order valence-electron chi connectivity index (χ3n) is 3.91. The lowest BCUT2D eigenvalue weighted by molar-refractivity contribution is 0.417. The quantitative estimate of drug-likeness (QED) is 0.618. The average molecular weight is 383 g/mol. The van der Waals surface area contributed by atoms with Crippen molar-refractivity contribution in [3.63, 3.8) is 0 Å². The van der Waals surface area contributed by atoms with Crippen molar-refractivity contribution in [2.75, 3.05) is 22.9 Å². The third-order valence-corrected chi connectivity index (χ3v) is 5.20. The number of sulfonamides is 1. The Balaban J connectivity index is 1.61. The SMILES string of the molecule is COc1ccccc1Nc1ccc(NS(=O)(=O)CCc2ccccc2)cn1. The molecule has 0 aliphatic carbocycles. The molecule has 0 unspecified atom stereocenters. The number of methoxy groups -OCH3 is 1. The molecule has 0 atom stereocenters. The first-order chi connectivity index (χ1) is 13.1. The Morgan fingerprint density at radius 3 is 2.41 bits per heavy atom. The summed E-state index contributed by atoms with van der Waals surface area (Å²) in [7, 11) is -1.85. The predicted octanol–water partition coefficient (Wildman–Crippen LogP) is 3.82. The van der Waals surface area contributed by atoms with Crippen LogP contribution in [-0.2, 0) is 16.4 Å². The highest BCUT2D eigenvalue weighted by atomic mass is 32.2. The Morgan fingerprint density at radius 2 is 1.70 bits per heavy atom. The van der Waals surface area contributed by atoms with Crippen LogP contribution in [0.15, 0.2) is 72.9 Å². The van der Waals surface area contributed by atoms with Crippen molar-refractivity contribution in [3.8, 4) is 5.75 Å². The maximum absolute atomic E-state index is 12.3. The molecule has 1 heterocycles. The molecule has 27 heavy (non-hydrogen) atoms. The van der Waals surface area contributed by atoms with E-state index in [1.807, 2.05) is 54.6 Å². The van der Waals surface area contributed by atoms with E-state index in [9.17, 15) is 8.42 Å². The molecule has 0 fully saturated rings. The van der Waals surface area contributed by atoms with Crippen molar-refractivity contribution in [3.05, 3.63) is 78.5 Å². The fourth-order valence-corrected chi connectivity index (χ4v) is 3.63. The number of ether oxygens (including phenoxy) is 1. The number of pyridine rings is 1. The molecule has 6 nitrogen and oxygen atoms in total. The van der Waals surface area contributed by atoms with Gasteiger partial charge in [-0.15, -0.1) is 0 Å². The Hall–Kier alpha value is -3.06. The number of aryl methyl sites for hydroxylation is 1. The topological polar surface area (TPSA) is 80.3 Å². The van der Waals surface area contributed by atoms with Gasteiger partial charge in [0.1, 0.15) is 11.6 Å². The lowest BCUT2D eigenvalue weighted by Gasteiger charge is -2.11. The van der Waals surface area contributed by atoms with Gasteiger partial charge in [-0.25, -0.2) is 13.4 Å². The molecule has 0 aliphatic rings. The van der Waals surface area contributed by atoms with E-state index in [4.69, 9.17) is 4.74 Å². The predicted molar refractivity (Wildman–Crippen MR) is 108 cm³/mol. The summed E-state index contributed by atoms with van der Waals surface area (Å²) >= 11 is 0. The lowest BCUT2D eigenvalue weighted by Crippen LogP contribution is -2.18. The summed E-state index contributed by atoms with van der Waals surface area (Å²) in [5, 5.41) is 3.15. The van der Waals surface area contributed by atoms with Gasteiger partial charge < -0.3 is 10.1 Å². The molecule has 1 aromatic heterocycles. The van der Waals surface area contributed by atoms with Crippen LogP contribution in [0.5, 0.6) is 5.75 Å². The van der Waals surface area contributed by atoms with Crippen LogP contribution in [0.1, 0.15) is 5.56 Å². The standard InChI is InChI=1S/C20H21N3O3S/c1-26-19-10-6-5-9-18(19)22-20-12-11-17(15-21-20)23-27(24,25)14-13-16-7-3-2-4-8-16/h2-12,15,23H,13-14H2,1H3,(H,21,22). The zero-order valence-electron chi connectivity index (χ0n) is 14.9. The molecule has 0 saturated heterocycles. The average Bonchev–Trinajstić information content (AvgIpc) is 2.69. The van der Waals surface area contributed by atoms with E-state index in [1.54, 1.807) is 19.2 Å². The van der Waals surface area contributed by atoms with Gasteiger partial charge in [-0.05, 0) is 36.2 Å². The van der Waals surface area contributed by atoms with Gasteiger partial charge in [0.15, 0.2) is 0 Å². The fraction of sp³-hybridized carbons (Fsp3) is 0.150. The maximum Gasteiger partial charge on any atom is 0.233 e. The van der Waals surface area contributed by atoms with Crippen molar-refractivity contribution in [2.45, 2.75) is 6.42 Å². The number of anilines is 3. The molecular formula is C20H21N3O3S. The van der Waals surface area contributed by atoms with E-state index >= 15 is 0 Å². The van der Waals surface area contributed by atoms with Gasteiger partial charge in [0.2, 0.25) is 10.0 Å². The molecule has 3 aromatic rings. The number of aromatic nitrogens is 1. The van der Waals surface area contributed by atoms with Gasteiger partial charge in [0.05, 0.1) is 30.4 Å². The van der Waals surface area contributed by atoms with Gasteiger partial charge in [-0.3, -0.25) is 4.72 Å². The fourth-order valence-electron chi connectivity index (χ4n) is 2.54. The van der Waals surface area contributed by atoms with Gasteiger partial charge >= 0.3 is 0 Å². The van der Waals surface area contributed by atoms with E-state index in [1.165, 1.54) is 6.20 Å². The molecule has 7 heteroatoms. The van der Waals surface area contributed by atoms with Crippen molar-refractivity contribution >= 4 is 27.2 Å². The van der Waals surface area contributed by atoms with Crippen molar-refractivity contribution in [1.29, 1.82) is 0 Å². The summed E-state index contributed by atoms with van der Waals surface area (Å²) in [6.07, 6.45) is 1.94. The molecule has 3 rings (SSSR count). The number of rotatable bonds is 8. The van der Waals surface area contributed by atoms with E-state index in [0.29, 0.717) is 23.7 Å². The number of nitrogens with zero attached hydrogens (tertiary/aromatic N) is 1. The summed E-state index contributed by atoms with van der Waals surface area (Å²) in [5.41, 5.74) is 2.19.